The summed E-state index contributed by atoms with van der Waals surface area (Å²) in [6.45, 7) is 2.18. The van der Waals surface area contributed by atoms with E-state index in [1.54, 1.807) is 0 Å². The zero-order valence-electron chi connectivity index (χ0n) is 9.52. The smallest absolute Gasteiger partial charge is 0.157 e. The van der Waals surface area contributed by atoms with Crippen molar-refractivity contribution in [2.45, 2.75) is 19.4 Å². The van der Waals surface area contributed by atoms with E-state index in [1.165, 1.54) is 11.9 Å². The molecule has 1 aliphatic rings. The Morgan fingerprint density at radius 3 is 3.00 bits per heavy atom. The standard InChI is InChI=1S/C11H15ClN4O/c1-6-2-8(3-7(6)4-17)16-11-9(13)10(12)14-5-15-11/h2,5,7-8,17H,3-4,13H2,1H3,(H,14,15,16)/t7-,8+/m1/s1. The van der Waals surface area contributed by atoms with Gasteiger partial charge >= 0.3 is 0 Å². The Bertz CT molecular complexity index is 449. The van der Waals surface area contributed by atoms with Crippen molar-refractivity contribution in [3.05, 3.63) is 23.1 Å². The highest BCUT2D eigenvalue weighted by molar-refractivity contribution is 6.32. The van der Waals surface area contributed by atoms with Crippen molar-refractivity contribution in [2.24, 2.45) is 5.92 Å². The highest BCUT2D eigenvalue weighted by Crippen LogP contribution is 2.29. The second kappa shape index (κ2) is 4.89. The zero-order chi connectivity index (χ0) is 12.4. The van der Waals surface area contributed by atoms with E-state index in [9.17, 15) is 5.11 Å². The molecule has 0 saturated carbocycles. The predicted octanol–water partition coefficient (Wildman–Crippen LogP) is 1.45. The Balaban J connectivity index is 2.10. The molecule has 0 fully saturated rings. The predicted molar refractivity (Wildman–Crippen MR) is 67.8 cm³/mol. The second-order valence-electron chi connectivity index (χ2n) is 4.20. The van der Waals surface area contributed by atoms with Gasteiger partial charge in [-0.3, -0.25) is 0 Å². The van der Waals surface area contributed by atoms with Gasteiger partial charge in [-0.2, -0.15) is 0 Å². The third kappa shape index (κ3) is 2.50. The summed E-state index contributed by atoms with van der Waals surface area (Å²) < 4.78 is 0. The molecule has 1 aromatic heterocycles. The number of aliphatic hydroxyl groups excluding tert-OH is 1. The molecule has 1 aromatic rings. The fraction of sp³-hybridized carbons (Fsp3) is 0.455. The van der Waals surface area contributed by atoms with Gasteiger partial charge in [0, 0.05) is 18.6 Å². The quantitative estimate of drug-likeness (QED) is 0.562. The Morgan fingerprint density at radius 2 is 2.35 bits per heavy atom. The number of nitrogens with zero attached hydrogens (tertiary/aromatic N) is 2. The van der Waals surface area contributed by atoms with Gasteiger partial charge in [0.2, 0.25) is 0 Å². The van der Waals surface area contributed by atoms with Crippen LogP contribution in [0.5, 0.6) is 0 Å². The van der Waals surface area contributed by atoms with Crippen molar-refractivity contribution in [1.82, 2.24) is 9.97 Å². The number of nitrogen functional groups attached to an aromatic ring is 1. The number of aromatic nitrogens is 2. The van der Waals surface area contributed by atoms with Crippen molar-refractivity contribution in [1.29, 1.82) is 0 Å². The second-order valence-corrected chi connectivity index (χ2v) is 4.56. The van der Waals surface area contributed by atoms with Crippen LogP contribution in [0.1, 0.15) is 13.3 Å². The molecular formula is C11H15ClN4O. The van der Waals surface area contributed by atoms with Crippen LogP contribution in [0.25, 0.3) is 0 Å². The van der Waals surface area contributed by atoms with Crippen LogP contribution in [0.3, 0.4) is 0 Å². The third-order valence-corrected chi connectivity index (χ3v) is 3.33. The Kier molecular flexibility index (Phi) is 3.49. The summed E-state index contributed by atoms with van der Waals surface area (Å²) in [7, 11) is 0. The van der Waals surface area contributed by atoms with Crippen LogP contribution in [0.15, 0.2) is 18.0 Å². The molecule has 92 valence electrons. The van der Waals surface area contributed by atoms with E-state index < -0.39 is 0 Å². The molecule has 6 heteroatoms. The van der Waals surface area contributed by atoms with E-state index in [2.05, 4.69) is 21.4 Å². The number of halogens is 1. The first-order chi connectivity index (χ1) is 8.11. The minimum atomic E-state index is 0.125. The van der Waals surface area contributed by atoms with Crippen LogP contribution in [-0.4, -0.2) is 27.7 Å². The molecule has 0 bridgehead atoms. The fourth-order valence-corrected chi connectivity index (χ4v) is 2.13. The monoisotopic (exact) mass is 254 g/mol. The lowest BCUT2D eigenvalue weighted by Crippen LogP contribution is -2.18. The van der Waals surface area contributed by atoms with Crippen LogP contribution in [0.4, 0.5) is 11.5 Å². The molecule has 0 amide bonds. The van der Waals surface area contributed by atoms with Gasteiger partial charge in [0.25, 0.3) is 0 Å². The molecule has 17 heavy (non-hydrogen) atoms. The molecule has 0 aliphatic heterocycles. The number of hydrogen-bond donors (Lipinski definition) is 3. The Labute approximate surface area is 105 Å². The van der Waals surface area contributed by atoms with Crippen LogP contribution in [-0.2, 0) is 0 Å². The van der Waals surface area contributed by atoms with Gasteiger partial charge in [-0.05, 0) is 13.3 Å². The highest BCUT2D eigenvalue weighted by Gasteiger charge is 2.23. The van der Waals surface area contributed by atoms with Gasteiger partial charge in [0.1, 0.15) is 12.0 Å². The molecule has 1 heterocycles. The summed E-state index contributed by atoms with van der Waals surface area (Å²) in [4.78, 5) is 7.85. The zero-order valence-corrected chi connectivity index (χ0v) is 10.3. The third-order valence-electron chi connectivity index (χ3n) is 3.02. The summed E-state index contributed by atoms with van der Waals surface area (Å²) in [5, 5.41) is 12.6. The summed E-state index contributed by atoms with van der Waals surface area (Å²) in [6.07, 6.45) is 4.29. The lowest BCUT2D eigenvalue weighted by Gasteiger charge is -2.14. The first-order valence-electron chi connectivity index (χ1n) is 5.43. The van der Waals surface area contributed by atoms with Gasteiger partial charge in [-0.25, -0.2) is 9.97 Å². The van der Waals surface area contributed by atoms with Crippen molar-refractivity contribution in [3.63, 3.8) is 0 Å². The molecule has 5 nitrogen and oxygen atoms in total. The van der Waals surface area contributed by atoms with E-state index >= 15 is 0 Å². The number of aliphatic hydroxyl groups is 1. The molecule has 0 aromatic carbocycles. The molecule has 0 saturated heterocycles. The molecular weight excluding hydrogens is 240 g/mol. The maximum absolute atomic E-state index is 9.18. The molecule has 0 radical (unpaired) electrons. The van der Waals surface area contributed by atoms with Gasteiger partial charge in [-0.15, -0.1) is 0 Å². The largest absolute Gasteiger partial charge is 0.396 e. The van der Waals surface area contributed by atoms with E-state index in [0.717, 1.165) is 6.42 Å². The number of hydrogen-bond acceptors (Lipinski definition) is 5. The Morgan fingerprint density at radius 1 is 1.59 bits per heavy atom. The maximum Gasteiger partial charge on any atom is 0.157 e. The SMILES string of the molecule is CC1=C[C@H](Nc2ncnc(Cl)c2N)C[C@@H]1CO. The Hall–Kier alpha value is -1.33. The summed E-state index contributed by atoms with van der Waals surface area (Å²) in [5.74, 6) is 0.753. The van der Waals surface area contributed by atoms with E-state index in [-0.39, 0.29) is 23.7 Å². The minimum absolute atomic E-state index is 0.125. The van der Waals surface area contributed by atoms with Crippen molar-refractivity contribution in [3.8, 4) is 0 Å². The molecule has 2 atom stereocenters. The topological polar surface area (TPSA) is 84.1 Å². The fourth-order valence-electron chi connectivity index (χ4n) is 2.00. The van der Waals surface area contributed by atoms with Crippen molar-refractivity contribution < 1.29 is 5.11 Å². The van der Waals surface area contributed by atoms with Crippen molar-refractivity contribution >= 4 is 23.1 Å². The summed E-state index contributed by atoms with van der Waals surface area (Å²) in [5.41, 5.74) is 7.31. The van der Waals surface area contributed by atoms with Crippen LogP contribution < -0.4 is 11.1 Å². The van der Waals surface area contributed by atoms with Crippen LogP contribution in [0.2, 0.25) is 5.15 Å². The average Bonchev–Trinajstić information content (AvgIpc) is 2.65. The first kappa shape index (κ1) is 12.1. The van der Waals surface area contributed by atoms with Crippen LogP contribution in [0, 0.1) is 5.92 Å². The average molecular weight is 255 g/mol. The lowest BCUT2D eigenvalue weighted by molar-refractivity contribution is 0.244. The lowest BCUT2D eigenvalue weighted by atomic mass is 10.0. The summed E-state index contributed by atoms with van der Waals surface area (Å²) >= 11 is 5.81. The number of nitrogens with one attached hydrogen (secondary N) is 1. The first-order valence-corrected chi connectivity index (χ1v) is 5.81. The van der Waals surface area contributed by atoms with Gasteiger partial charge < -0.3 is 16.2 Å². The maximum atomic E-state index is 9.18. The van der Waals surface area contributed by atoms with Crippen molar-refractivity contribution in [2.75, 3.05) is 17.7 Å². The molecule has 4 N–H and O–H groups in total. The summed E-state index contributed by atoms with van der Waals surface area (Å²) in [6, 6.07) is 0.125. The van der Waals surface area contributed by atoms with E-state index in [1.807, 2.05) is 6.92 Å². The van der Waals surface area contributed by atoms with E-state index in [0.29, 0.717) is 11.5 Å². The van der Waals surface area contributed by atoms with Gasteiger partial charge in [0.15, 0.2) is 11.0 Å². The highest BCUT2D eigenvalue weighted by atomic mass is 35.5. The molecule has 1 aliphatic carbocycles. The number of nitrogens with two attached hydrogens (primary N) is 1. The van der Waals surface area contributed by atoms with Crippen LogP contribution >= 0.6 is 11.6 Å². The molecule has 0 spiro atoms. The van der Waals surface area contributed by atoms with Gasteiger partial charge in [-0.1, -0.05) is 23.3 Å². The molecule has 2 rings (SSSR count). The number of rotatable bonds is 3. The molecule has 0 unspecified atom stereocenters. The minimum Gasteiger partial charge on any atom is -0.396 e. The normalized spacial score (nSPS) is 23.6. The number of anilines is 2. The van der Waals surface area contributed by atoms with Gasteiger partial charge in [0.05, 0.1) is 0 Å². The van der Waals surface area contributed by atoms with E-state index in [4.69, 9.17) is 17.3 Å².